The lowest BCUT2D eigenvalue weighted by Gasteiger charge is -2.06. The minimum atomic E-state index is -3.59. The van der Waals surface area contributed by atoms with E-state index in [-0.39, 0.29) is 4.21 Å². The Hall–Kier alpha value is -0.0800. The van der Waals surface area contributed by atoms with Crippen molar-refractivity contribution in [2.24, 2.45) is 0 Å². The van der Waals surface area contributed by atoms with E-state index in [1.807, 2.05) is 12.1 Å². The van der Waals surface area contributed by atoms with Gasteiger partial charge in [-0.25, -0.2) is 8.42 Å². The van der Waals surface area contributed by atoms with Crippen molar-refractivity contribution < 1.29 is 8.42 Å². The molecule has 1 aromatic carbocycles. The maximum atomic E-state index is 12.1. The predicted octanol–water partition coefficient (Wildman–Crippen LogP) is 4.86. The Morgan fingerprint density at radius 2 is 1.89 bits per heavy atom. The van der Waals surface area contributed by atoms with E-state index in [1.165, 1.54) is 6.07 Å². The van der Waals surface area contributed by atoms with E-state index >= 15 is 0 Å². The molecular formula is C11H8Br2ClNO2S2. The van der Waals surface area contributed by atoms with Gasteiger partial charge in [-0.1, -0.05) is 39.7 Å². The molecule has 0 bridgehead atoms. The molecule has 0 aliphatic carbocycles. The highest BCUT2D eigenvalue weighted by molar-refractivity contribution is 9.11. The van der Waals surface area contributed by atoms with Crippen LogP contribution in [0.4, 0.5) is 5.69 Å². The third-order valence-electron chi connectivity index (χ3n) is 2.25. The molecule has 2 rings (SSSR count). The third-order valence-corrected chi connectivity index (χ3v) is 7.22. The van der Waals surface area contributed by atoms with E-state index in [1.54, 1.807) is 12.1 Å². The first-order valence-corrected chi connectivity index (χ1v) is 9.64. The summed E-state index contributed by atoms with van der Waals surface area (Å²) in [5.41, 5.74) is 1.59. The number of rotatable bonds is 4. The fourth-order valence-corrected chi connectivity index (χ4v) is 5.16. The van der Waals surface area contributed by atoms with Crippen molar-refractivity contribution in [3.05, 3.63) is 44.7 Å². The summed E-state index contributed by atoms with van der Waals surface area (Å²) in [5, 5.41) is 1.12. The number of hydrogen-bond donors (Lipinski definition) is 1. The molecule has 0 fully saturated rings. The summed E-state index contributed by atoms with van der Waals surface area (Å²) in [6.07, 6.45) is 0. The van der Waals surface area contributed by atoms with E-state index in [2.05, 4.69) is 36.6 Å². The number of thiophene rings is 1. The second kappa shape index (κ2) is 6.13. The normalized spacial score (nSPS) is 11.5. The third kappa shape index (κ3) is 3.72. The molecule has 1 N–H and O–H groups in total. The molecule has 2 aromatic rings. The van der Waals surface area contributed by atoms with Crippen LogP contribution >= 0.6 is 54.8 Å². The average Bonchev–Trinajstić information content (AvgIpc) is 2.71. The van der Waals surface area contributed by atoms with Crippen LogP contribution in [0.3, 0.4) is 0 Å². The second-order valence-electron chi connectivity index (χ2n) is 3.62. The van der Waals surface area contributed by atoms with Crippen LogP contribution in [0.5, 0.6) is 0 Å². The van der Waals surface area contributed by atoms with Crippen LogP contribution in [0.2, 0.25) is 5.02 Å². The Labute approximate surface area is 137 Å². The largest absolute Gasteiger partial charge is 0.279 e. The van der Waals surface area contributed by atoms with Gasteiger partial charge in [-0.3, -0.25) is 4.72 Å². The van der Waals surface area contributed by atoms with Crippen molar-refractivity contribution in [3.63, 3.8) is 0 Å². The highest BCUT2D eigenvalue weighted by Gasteiger charge is 2.19. The van der Waals surface area contributed by atoms with Gasteiger partial charge in [-0.2, -0.15) is 0 Å². The zero-order valence-corrected chi connectivity index (χ0v) is 14.9. The minimum absolute atomic E-state index is 0.175. The van der Waals surface area contributed by atoms with Gasteiger partial charge in [0.25, 0.3) is 10.0 Å². The van der Waals surface area contributed by atoms with Crippen LogP contribution in [-0.4, -0.2) is 8.42 Å². The molecule has 0 saturated heterocycles. The standard InChI is InChI=1S/C11H8Br2ClNO2S2/c12-6-7-1-3-8(4-2-7)15-19(16,17)10-5-9(14)11(13)18-10/h1-5,15H,6H2. The molecule has 0 radical (unpaired) electrons. The van der Waals surface area contributed by atoms with Crippen molar-refractivity contribution in [2.45, 2.75) is 9.54 Å². The van der Waals surface area contributed by atoms with Gasteiger partial charge in [-0.15, -0.1) is 11.3 Å². The van der Waals surface area contributed by atoms with Crippen LogP contribution in [-0.2, 0) is 15.4 Å². The Morgan fingerprint density at radius 3 is 2.37 bits per heavy atom. The molecular weight excluding hydrogens is 438 g/mol. The number of halogens is 3. The van der Waals surface area contributed by atoms with Crippen molar-refractivity contribution in [2.75, 3.05) is 4.72 Å². The van der Waals surface area contributed by atoms with Crippen molar-refractivity contribution in [3.8, 4) is 0 Å². The van der Waals surface area contributed by atoms with Crippen LogP contribution in [0.25, 0.3) is 0 Å². The second-order valence-corrected chi connectivity index (χ2v) is 8.87. The van der Waals surface area contributed by atoms with Gasteiger partial charge < -0.3 is 0 Å². The Balaban J connectivity index is 2.25. The van der Waals surface area contributed by atoms with Gasteiger partial charge >= 0.3 is 0 Å². The van der Waals surface area contributed by atoms with Crippen molar-refractivity contribution in [1.82, 2.24) is 0 Å². The summed E-state index contributed by atoms with van der Waals surface area (Å²) < 4.78 is 27.6. The SMILES string of the molecule is O=S(=O)(Nc1ccc(CBr)cc1)c1cc(Cl)c(Br)s1. The monoisotopic (exact) mass is 443 g/mol. The van der Waals surface area contributed by atoms with Gasteiger partial charge in [0.2, 0.25) is 0 Å². The molecule has 0 saturated carbocycles. The number of hydrogen-bond acceptors (Lipinski definition) is 3. The lowest BCUT2D eigenvalue weighted by Crippen LogP contribution is -2.11. The molecule has 8 heteroatoms. The molecule has 19 heavy (non-hydrogen) atoms. The van der Waals surface area contributed by atoms with Gasteiger partial charge in [-0.05, 0) is 39.7 Å². The van der Waals surface area contributed by atoms with Crippen LogP contribution in [0.1, 0.15) is 5.56 Å². The van der Waals surface area contributed by atoms with Crippen LogP contribution in [0, 0.1) is 0 Å². The fraction of sp³-hybridized carbons (Fsp3) is 0.0909. The first kappa shape index (κ1) is 15.3. The van der Waals surface area contributed by atoms with Crippen LogP contribution in [0.15, 0.2) is 38.3 Å². The maximum Gasteiger partial charge on any atom is 0.271 e. The summed E-state index contributed by atoms with van der Waals surface area (Å²) in [6.45, 7) is 0. The fourth-order valence-electron chi connectivity index (χ4n) is 1.33. The zero-order valence-electron chi connectivity index (χ0n) is 9.36. The summed E-state index contributed by atoms with van der Waals surface area (Å²) in [7, 11) is -3.59. The first-order chi connectivity index (χ1) is 8.92. The number of anilines is 1. The molecule has 3 nitrogen and oxygen atoms in total. The summed E-state index contributed by atoms with van der Waals surface area (Å²) >= 11 is 13.5. The van der Waals surface area contributed by atoms with Gasteiger partial charge in [0.05, 0.1) is 8.81 Å². The number of alkyl halides is 1. The molecule has 102 valence electrons. The molecule has 1 aromatic heterocycles. The Kier molecular flexibility index (Phi) is 4.94. The predicted molar refractivity (Wildman–Crippen MR) is 86.9 cm³/mol. The van der Waals surface area contributed by atoms with E-state index in [0.29, 0.717) is 14.5 Å². The van der Waals surface area contributed by atoms with E-state index < -0.39 is 10.0 Å². The topological polar surface area (TPSA) is 46.2 Å². The molecule has 0 unspecified atom stereocenters. The van der Waals surface area contributed by atoms with E-state index in [4.69, 9.17) is 11.6 Å². The highest BCUT2D eigenvalue weighted by Crippen LogP contribution is 2.35. The Bertz CT molecular complexity index is 664. The quantitative estimate of drug-likeness (QED) is 0.683. The lowest BCUT2D eigenvalue weighted by atomic mass is 10.2. The summed E-state index contributed by atoms with van der Waals surface area (Å²) in [6, 6.07) is 8.57. The first-order valence-electron chi connectivity index (χ1n) is 5.05. The molecule has 0 spiro atoms. The molecule has 0 aliphatic rings. The van der Waals surface area contributed by atoms with Gasteiger partial charge in [0.15, 0.2) is 0 Å². The maximum absolute atomic E-state index is 12.1. The minimum Gasteiger partial charge on any atom is -0.279 e. The number of sulfonamides is 1. The number of nitrogens with one attached hydrogen (secondary N) is 1. The van der Waals surface area contributed by atoms with Crippen LogP contribution < -0.4 is 4.72 Å². The van der Waals surface area contributed by atoms with Gasteiger partial charge in [0.1, 0.15) is 4.21 Å². The zero-order chi connectivity index (χ0) is 14.0. The van der Waals surface area contributed by atoms with Crippen molar-refractivity contribution >= 4 is 70.5 Å². The van der Waals surface area contributed by atoms with Gasteiger partial charge in [0, 0.05) is 11.0 Å². The van der Waals surface area contributed by atoms with E-state index in [9.17, 15) is 8.42 Å². The lowest BCUT2D eigenvalue weighted by molar-refractivity contribution is 0.603. The van der Waals surface area contributed by atoms with Crippen molar-refractivity contribution in [1.29, 1.82) is 0 Å². The van der Waals surface area contributed by atoms with E-state index in [0.717, 1.165) is 22.2 Å². The molecule has 1 heterocycles. The smallest absolute Gasteiger partial charge is 0.271 e. The molecule has 0 atom stereocenters. The average molecular weight is 446 g/mol. The Morgan fingerprint density at radius 1 is 1.26 bits per heavy atom. The summed E-state index contributed by atoms with van der Waals surface area (Å²) in [4.78, 5) is 0. The highest BCUT2D eigenvalue weighted by atomic mass is 79.9. The molecule has 0 amide bonds. The summed E-state index contributed by atoms with van der Waals surface area (Å²) in [5.74, 6) is 0. The molecule has 0 aliphatic heterocycles. The number of benzene rings is 1.